The molecular formula is C22H32N2O5. The van der Waals surface area contributed by atoms with E-state index in [9.17, 15) is 14.4 Å². The maximum absolute atomic E-state index is 13.0. The maximum atomic E-state index is 13.0. The first kappa shape index (κ1) is 22.9. The number of esters is 1. The predicted molar refractivity (Wildman–Crippen MR) is 111 cm³/mol. The summed E-state index contributed by atoms with van der Waals surface area (Å²) in [4.78, 5) is 41.0. The quantitative estimate of drug-likeness (QED) is 0.492. The van der Waals surface area contributed by atoms with Gasteiger partial charge in [-0.05, 0) is 19.4 Å². The van der Waals surface area contributed by atoms with Gasteiger partial charge in [0.2, 0.25) is 11.8 Å². The van der Waals surface area contributed by atoms with Crippen LogP contribution in [0.1, 0.15) is 57.6 Å². The zero-order valence-electron chi connectivity index (χ0n) is 17.7. The molecule has 7 heteroatoms. The minimum Gasteiger partial charge on any atom is -0.465 e. The van der Waals surface area contributed by atoms with E-state index in [1.54, 1.807) is 25.0 Å². The SMILES string of the molecule is CCCCCC(=O)N1CCC(=O)N(CC(=O)OCC)c2ccccc2C(OC)C1. The highest BCUT2D eigenvalue weighted by molar-refractivity contribution is 5.98. The molecule has 0 aliphatic carbocycles. The van der Waals surface area contributed by atoms with Crippen LogP contribution >= 0.6 is 0 Å². The van der Waals surface area contributed by atoms with Gasteiger partial charge in [-0.25, -0.2) is 0 Å². The summed E-state index contributed by atoms with van der Waals surface area (Å²) in [5.74, 6) is -0.644. The highest BCUT2D eigenvalue weighted by Crippen LogP contribution is 2.31. The van der Waals surface area contributed by atoms with Crippen molar-refractivity contribution in [2.75, 3.05) is 38.3 Å². The van der Waals surface area contributed by atoms with Gasteiger partial charge in [0, 0.05) is 32.1 Å². The standard InChI is InChI=1S/C22H32N2O5/c1-4-6-7-12-20(25)23-14-13-21(26)24(16-22(27)29-5-2)18-11-9-8-10-17(18)19(15-23)28-3/h8-11,19H,4-7,12-16H2,1-3H3. The molecule has 0 fully saturated rings. The van der Waals surface area contributed by atoms with E-state index in [-0.39, 0.29) is 31.4 Å². The van der Waals surface area contributed by atoms with E-state index >= 15 is 0 Å². The Balaban J connectivity index is 2.32. The molecule has 0 radical (unpaired) electrons. The van der Waals surface area contributed by atoms with Gasteiger partial charge in [0.1, 0.15) is 12.6 Å². The second kappa shape index (κ2) is 11.6. The third-order valence-corrected chi connectivity index (χ3v) is 5.08. The lowest BCUT2D eigenvalue weighted by molar-refractivity contribution is -0.142. The van der Waals surface area contributed by atoms with Crippen molar-refractivity contribution >= 4 is 23.5 Å². The number of para-hydroxylation sites is 1. The molecule has 1 aromatic carbocycles. The molecule has 1 atom stereocenters. The summed E-state index contributed by atoms with van der Waals surface area (Å²) in [5.41, 5.74) is 1.40. The van der Waals surface area contributed by atoms with Crippen LogP contribution in [0.15, 0.2) is 24.3 Å². The number of rotatable bonds is 8. The van der Waals surface area contributed by atoms with Crippen molar-refractivity contribution in [1.82, 2.24) is 4.90 Å². The fourth-order valence-corrected chi connectivity index (χ4v) is 3.52. The molecule has 2 rings (SSSR count). The molecule has 0 aromatic heterocycles. The zero-order chi connectivity index (χ0) is 21.2. The Hall–Kier alpha value is -2.41. The number of nitrogens with zero attached hydrogens (tertiary/aromatic N) is 2. The number of amides is 2. The minimum absolute atomic E-state index is 0.0321. The lowest BCUT2D eigenvalue weighted by Crippen LogP contribution is -2.39. The highest BCUT2D eigenvalue weighted by Gasteiger charge is 2.30. The second-order valence-corrected chi connectivity index (χ2v) is 7.11. The normalized spacial score (nSPS) is 17.2. The summed E-state index contributed by atoms with van der Waals surface area (Å²) < 4.78 is 10.8. The lowest BCUT2D eigenvalue weighted by atomic mass is 10.0. The first-order valence-electron chi connectivity index (χ1n) is 10.4. The number of fused-ring (bicyclic) bond motifs is 1. The number of methoxy groups -OCH3 is 1. The Kier molecular flexibility index (Phi) is 9.12. The molecule has 0 spiro atoms. The van der Waals surface area contributed by atoms with Crippen LogP contribution in [-0.2, 0) is 23.9 Å². The number of hydrogen-bond acceptors (Lipinski definition) is 5. The first-order chi connectivity index (χ1) is 14.0. The van der Waals surface area contributed by atoms with Gasteiger partial charge >= 0.3 is 5.97 Å². The third kappa shape index (κ3) is 6.29. The molecule has 1 aliphatic heterocycles. The van der Waals surface area contributed by atoms with E-state index in [0.29, 0.717) is 25.2 Å². The molecule has 2 amide bonds. The topological polar surface area (TPSA) is 76.2 Å². The van der Waals surface area contributed by atoms with Crippen LogP contribution < -0.4 is 4.90 Å². The van der Waals surface area contributed by atoms with Crippen LogP contribution in [0.4, 0.5) is 5.69 Å². The van der Waals surface area contributed by atoms with Crippen molar-refractivity contribution < 1.29 is 23.9 Å². The number of benzene rings is 1. The van der Waals surface area contributed by atoms with E-state index in [0.717, 1.165) is 24.8 Å². The fourth-order valence-electron chi connectivity index (χ4n) is 3.52. The smallest absolute Gasteiger partial charge is 0.326 e. The monoisotopic (exact) mass is 404 g/mol. The van der Waals surface area contributed by atoms with Crippen molar-refractivity contribution in [1.29, 1.82) is 0 Å². The van der Waals surface area contributed by atoms with Gasteiger partial charge < -0.3 is 19.3 Å². The number of carbonyl (C=O) groups is 3. The second-order valence-electron chi connectivity index (χ2n) is 7.11. The average Bonchev–Trinajstić information content (AvgIpc) is 2.77. The Morgan fingerprint density at radius 1 is 1.17 bits per heavy atom. The van der Waals surface area contributed by atoms with Crippen LogP contribution in [0.5, 0.6) is 0 Å². The first-order valence-corrected chi connectivity index (χ1v) is 10.4. The van der Waals surface area contributed by atoms with Crippen LogP contribution in [0.2, 0.25) is 0 Å². The number of anilines is 1. The summed E-state index contributed by atoms with van der Waals surface area (Å²) in [6.07, 6.45) is 3.10. The molecule has 1 aliphatic rings. The van der Waals surface area contributed by atoms with E-state index in [1.807, 2.05) is 18.2 Å². The van der Waals surface area contributed by atoms with Crippen LogP contribution in [0, 0.1) is 0 Å². The molecule has 0 N–H and O–H groups in total. The Morgan fingerprint density at radius 2 is 1.93 bits per heavy atom. The van der Waals surface area contributed by atoms with Gasteiger partial charge in [-0.1, -0.05) is 38.0 Å². The number of hydrogen-bond donors (Lipinski definition) is 0. The molecule has 0 bridgehead atoms. The van der Waals surface area contributed by atoms with Gasteiger partial charge in [-0.3, -0.25) is 14.4 Å². The third-order valence-electron chi connectivity index (χ3n) is 5.08. The van der Waals surface area contributed by atoms with Crippen molar-refractivity contribution in [2.24, 2.45) is 0 Å². The van der Waals surface area contributed by atoms with Crippen molar-refractivity contribution in [3.63, 3.8) is 0 Å². The van der Waals surface area contributed by atoms with Gasteiger partial charge in [0.25, 0.3) is 0 Å². The minimum atomic E-state index is -0.462. The predicted octanol–water partition coefficient (Wildman–Crippen LogP) is 3.08. The van der Waals surface area contributed by atoms with E-state index in [1.165, 1.54) is 4.90 Å². The molecule has 0 saturated carbocycles. The van der Waals surface area contributed by atoms with Gasteiger partial charge in [-0.2, -0.15) is 0 Å². The molecular weight excluding hydrogens is 372 g/mol. The van der Waals surface area contributed by atoms with Gasteiger partial charge in [-0.15, -0.1) is 0 Å². The van der Waals surface area contributed by atoms with Gasteiger partial charge in [0.15, 0.2) is 0 Å². The van der Waals surface area contributed by atoms with Crippen molar-refractivity contribution in [3.8, 4) is 0 Å². The summed E-state index contributed by atoms with van der Waals surface area (Å²) in [6, 6.07) is 7.36. The van der Waals surface area contributed by atoms with Gasteiger partial charge in [0.05, 0.1) is 18.8 Å². The number of unbranched alkanes of at least 4 members (excludes halogenated alkanes) is 2. The van der Waals surface area contributed by atoms with Crippen LogP contribution in [0.25, 0.3) is 0 Å². The van der Waals surface area contributed by atoms with E-state index in [2.05, 4.69) is 6.92 Å². The Bertz CT molecular complexity index is 706. The molecule has 1 aromatic rings. The zero-order valence-corrected chi connectivity index (χ0v) is 17.7. The highest BCUT2D eigenvalue weighted by atomic mass is 16.5. The van der Waals surface area contributed by atoms with E-state index < -0.39 is 12.1 Å². The average molecular weight is 405 g/mol. The lowest BCUT2D eigenvalue weighted by Gasteiger charge is -2.27. The van der Waals surface area contributed by atoms with Crippen LogP contribution in [-0.4, -0.2) is 56.0 Å². The number of carbonyl (C=O) groups excluding carboxylic acids is 3. The van der Waals surface area contributed by atoms with E-state index in [4.69, 9.17) is 9.47 Å². The molecule has 29 heavy (non-hydrogen) atoms. The fraction of sp³-hybridized carbons (Fsp3) is 0.591. The summed E-state index contributed by atoms with van der Waals surface area (Å²) in [6.45, 7) is 4.60. The Morgan fingerprint density at radius 3 is 2.62 bits per heavy atom. The number of ether oxygens (including phenoxy) is 2. The van der Waals surface area contributed by atoms with Crippen molar-refractivity contribution in [3.05, 3.63) is 29.8 Å². The molecule has 7 nitrogen and oxygen atoms in total. The Labute approximate surface area is 172 Å². The summed E-state index contributed by atoms with van der Waals surface area (Å²) in [5, 5.41) is 0. The molecule has 160 valence electrons. The largest absolute Gasteiger partial charge is 0.465 e. The maximum Gasteiger partial charge on any atom is 0.326 e. The molecule has 1 unspecified atom stereocenters. The summed E-state index contributed by atoms with van der Waals surface area (Å²) in [7, 11) is 1.59. The summed E-state index contributed by atoms with van der Waals surface area (Å²) >= 11 is 0. The molecule has 0 saturated heterocycles. The molecule has 1 heterocycles. The van der Waals surface area contributed by atoms with Crippen molar-refractivity contribution in [2.45, 2.75) is 52.1 Å². The van der Waals surface area contributed by atoms with Crippen LogP contribution in [0.3, 0.4) is 0 Å².